The van der Waals surface area contributed by atoms with Gasteiger partial charge in [-0.05, 0) is 79.9 Å². The van der Waals surface area contributed by atoms with Crippen molar-refractivity contribution in [2.24, 2.45) is 5.92 Å². The van der Waals surface area contributed by atoms with Gasteiger partial charge in [-0.1, -0.05) is 0 Å². The smallest absolute Gasteiger partial charge is 0.410 e. The maximum atomic E-state index is 12.2. The molecule has 1 aliphatic rings. The minimum Gasteiger partial charge on any atom is -0.444 e. The van der Waals surface area contributed by atoms with Crippen LogP contribution in [0.3, 0.4) is 0 Å². The van der Waals surface area contributed by atoms with Crippen LogP contribution in [0.1, 0.15) is 44.9 Å². The molecule has 1 amide bonds. The quantitative estimate of drug-likeness (QED) is 0.729. The first kappa shape index (κ1) is 18.7. The molecule has 1 N–H and O–H groups in total. The minimum atomic E-state index is -0.417. The molecule has 1 saturated heterocycles. The Kier molecular flexibility index (Phi) is 6.92. The molecule has 23 heavy (non-hydrogen) atoms. The number of piperidine rings is 1. The maximum absolute atomic E-state index is 12.2. The first-order valence-corrected chi connectivity index (χ1v) is 9.93. The standard InChI is InChI=1S/C17H27BrN2O2S/c1-17(2,3)22-16(21)20-9-4-5-13(12-20)6-8-19-11-15-14(18)7-10-23-15/h7,10,13,19H,4-6,8-9,11-12H2,1-3H3. The number of hydrogen-bond acceptors (Lipinski definition) is 4. The number of nitrogens with one attached hydrogen (secondary N) is 1. The maximum Gasteiger partial charge on any atom is 0.410 e. The Morgan fingerprint density at radius 3 is 2.96 bits per heavy atom. The normalized spacial score (nSPS) is 19.0. The highest BCUT2D eigenvalue weighted by molar-refractivity contribution is 9.10. The molecule has 0 aliphatic carbocycles. The van der Waals surface area contributed by atoms with Gasteiger partial charge in [0.1, 0.15) is 5.60 Å². The van der Waals surface area contributed by atoms with Crippen molar-refractivity contribution in [1.82, 2.24) is 10.2 Å². The van der Waals surface area contributed by atoms with Crippen LogP contribution in [0.4, 0.5) is 4.79 Å². The Hall–Kier alpha value is -0.590. The van der Waals surface area contributed by atoms with Crippen molar-refractivity contribution in [1.29, 1.82) is 0 Å². The van der Waals surface area contributed by atoms with E-state index in [2.05, 4.69) is 32.7 Å². The lowest BCUT2D eigenvalue weighted by atomic mass is 9.95. The molecule has 0 radical (unpaired) electrons. The Morgan fingerprint density at radius 1 is 1.52 bits per heavy atom. The summed E-state index contributed by atoms with van der Waals surface area (Å²) in [5.74, 6) is 0.565. The average molecular weight is 403 g/mol. The van der Waals surface area contributed by atoms with Gasteiger partial charge < -0.3 is 15.0 Å². The summed E-state index contributed by atoms with van der Waals surface area (Å²) in [6, 6.07) is 2.08. The number of likely N-dealkylation sites (tertiary alicyclic amines) is 1. The molecule has 0 aromatic carbocycles. The number of ether oxygens (including phenoxy) is 1. The highest BCUT2D eigenvalue weighted by atomic mass is 79.9. The second-order valence-electron chi connectivity index (χ2n) is 7.09. The van der Waals surface area contributed by atoms with E-state index in [4.69, 9.17) is 4.74 Å². The van der Waals surface area contributed by atoms with Crippen LogP contribution in [0, 0.1) is 5.92 Å². The van der Waals surface area contributed by atoms with Crippen LogP contribution >= 0.6 is 27.3 Å². The zero-order valence-corrected chi connectivity index (χ0v) is 16.6. The summed E-state index contributed by atoms with van der Waals surface area (Å²) < 4.78 is 6.66. The van der Waals surface area contributed by atoms with Crippen LogP contribution < -0.4 is 5.32 Å². The van der Waals surface area contributed by atoms with Crippen LogP contribution in [0.5, 0.6) is 0 Å². The van der Waals surface area contributed by atoms with E-state index < -0.39 is 5.60 Å². The number of thiophene rings is 1. The van der Waals surface area contributed by atoms with E-state index in [9.17, 15) is 4.79 Å². The van der Waals surface area contributed by atoms with E-state index in [0.29, 0.717) is 5.92 Å². The van der Waals surface area contributed by atoms with Gasteiger partial charge >= 0.3 is 6.09 Å². The number of nitrogens with zero attached hydrogens (tertiary/aromatic N) is 1. The fourth-order valence-corrected chi connectivity index (χ4v) is 4.21. The zero-order valence-electron chi connectivity index (χ0n) is 14.2. The molecule has 1 atom stereocenters. The largest absolute Gasteiger partial charge is 0.444 e. The number of rotatable bonds is 5. The van der Waals surface area contributed by atoms with Crippen molar-refractivity contribution in [3.8, 4) is 0 Å². The van der Waals surface area contributed by atoms with Crippen molar-refractivity contribution >= 4 is 33.4 Å². The molecule has 1 aromatic rings. The SMILES string of the molecule is CC(C)(C)OC(=O)N1CCCC(CCNCc2sccc2Br)C1. The van der Waals surface area contributed by atoms with Crippen molar-refractivity contribution in [2.45, 2.75) is 52.2 Å². The first-order chi connectivity index (χ1) is 10.8. The topological polar surface area (TPSA) is 41.6 Å². The molecular weight excluding hydrogens is 376 g/mol. The lowest BCUT2D eigenvalue weighted by molar-refractivity contribution is 0.0162. The Balaban J connectivity index is 1.69. The van der Waals surface area contributed by atoms with E-state index in [1.807, 2.05) is 25.7 Å². The molecule has 2 heterocycles. The number of amides is 1. The van der Waals surface area contributed by atoms with E-state index >= 15 is 0 Å². The summed E-state index contributed by atoms with van der Waals surface area (Å²) in [5, 5.41) is 5.60. The molecule has 1 fully saturated rings. The molecular formula is C17H27BrN2O2S. The van der Waals surface area contributed by atoms with Crippen LogP contribution in [-0.4, -0.2) is 36.2 Å². The monoisotopic (exact) mass is 402 g/mol. The van der Waals surface area contributed by atoms with E-state index in [1.165, 1.54) is 15.8 Å². The van der Waals surface area contributed by atoms with Crippen molar-refractivity contribution < 1.29 is 9.53 Å². The van der Waals surface area contributed by atoms with Crippen LogP contribution in [0.2, 0.25) is 0 Å². The third kappa shape index (κ3) is 6.43. The van der Waals surface area contributed by atoms with Gasteiger partial charge in [0.2, 0.25) is 0 Å². The van der Waals surface area contributed by atoms with Gasteiger partial charge in [-0.15, -0.1) is 11.3 Å². The fourth-order valence-electron chi connectivity index (χ4n) is 2.75. The zero-order chi connectivity index (χ0) is 16.9. The second-order valence-corrected chi connectivity index (χ2v) is 8.95. The molecule has 0 saturated carbocycles. The van der Waals surface area contributed by atoms with Crippen molar-refractivity contribution in [2.75, 3.05) is 19.6 Å². The van der Waals surface area contributed by atoms with Crippen molar-refractivity contribution in [3.63, 3.8) is 0 Å². The summed E-state index contributed by atoms with van der Waals surface area (Å²) in [5.41, 5.74) is -0.417. The average Bonchev–Trinajstić information content (AvgIpc) is 2.88. The lowest BCUT2D eigenvalue weighted by Gasteiger charge is -2.34. The summed E-state index contributed by atoms with van der Waals surface area (Å²) in [6.45, 7) is 9.27. The van der Waals surface area contributed by atoms with E-state index in [1.54, 1.807) is 11.3 Å². The third-order valence-electron chi connectivity index (χ3n) is 3.88. The summed E-state index contributed by atoms with van der Waals surface area (Å²) in [7, 11) is 0. The van der Waals surface area contributed by atoms with Gasteiger partial charge in [0, 0.05) is 29.0 Å². The van der Waals surface area contributed by atoms with E-state index in [-0.39, 0.29) is 6.09 Å². The highest BCUT2D eigenvalue weighted by Gasteiger charge is 2.27. The molecule has 6 heteroatoms. The first-order valence-electron chi connectivity index (χ1n) is 8.25. The van der Waals surface area contributed by atoms with Crippen molar-refractivity contribution in [3.05, 3.63) is 20.8 Å². The van der Waals surface area contributed by atoms with Crippen LogP contribution in [0.15, 0.2) is 15.9 Å². The Labute approximate surface area is 151 Å². The Morgan fingerprint density at radius 2 is 2.30 bits per heavy atom. The molecule has 0 bridgehead atoms. The lowest BCUT2D eigenvalue weighted by Crippen LogP contribution is -2.43. The number of carbonyl (C=O) groups excluding carboxylic acids is 1. The van der Waals surface area contributed by atoms with Crippen LogP contribution in [0.25, 0.3) is 0 Å². The van der Waals surface area contributed by atoms with E-state index in [0.717, 1.165) is 39.0 Å². The highest BCUT2D eigenvalue weighted by Crippen LogP contribution is 2.23. The molecule has 4 nitrogen and oxygen atoms in total. The summed E-state index contributed by atoms with van der Waals surface area (Å²) in [4.78, 5) is 15.4. The number of halogens is 1. The fraction of sp³-hybridized carbons (Fsp3) is 0.706. The number of hydrogen-bond donors (Lipinski definition) is 1. The molecule has 1 unspecified atom stereocenters. The van der Waals surface area contributed by atoms with Gasteiger partial charge in [0.05, 0.1) is 0 Å². The second kappa shape index (κ2) is 8.49. The molecule has 0 spiro atoms. The summed E-state index contributed by atoms with van der Waals surface area (Å²) >= 11 is 5.32. The van der Waals surface area contributed by atoms with Gasteiger partial charge in [0.15, 0.2) is 0 Å². The van der Waals surface area contributed by atoms with Gasteiger partial charge in [-0.2, -0.15) is 0 Å². The molecule has 1 aliphatic heterocycles. The van der Waals surface area contributed by atoms with Gasteiger partial charge in [-0.3, -0.25) is 0 Å². The predicted octanol–water partition coefficient (Wildman–Crippen LogP) is 4.64. The van der Waals surface area contributed by atoms with Crippen LogP contribution in [-0.2, 0) is 11.3 Å². The minimum absolute atomic E-state index is 0.169. The summed E-state index contributed by atoms with van der Waals surface area (Å²) in [6.07, 6.45) is 3.20. The number of carbonyl (C=O) groups is 1. The van der Waals surface area contributed by atoms with Gasteiger partial charge in [-0.25, -0.2) is 4.79 Å². The molecule has 1 aromatic heterocycles. The Bertz CT molecular complexity index is 513. The molecule has 2 rings (SSSR count). The molecule has 130 valence electrons. The van der Waals surface area contributed by atoms with Gasteiger partial charge in [0.25, 0.3) is 0 Å². The predicted molar refractivity (Wildman–Crippen MR) is 98.9 cm³/mol. The third-order valence-corrected chi connectivity index (χ3v) is 5.80.